The molecule has 0 radical (unpaired) electrons. The second-order valence-electron chi connectivity index (χ2n) is 5.93. The Morgan fingerprint density at radius 1 is 1.12 bits per heavy atom. The Morgan fingerprint density at radius 3 is 2.44 bits per heavy atom. The van der Waals surface area contributed by atoms with Crippen LogP contribution < -0.4 is 0 Å². The fourth-order valence-corrected chi connectivity index (χ4v) is 2.34. The fraction of sp³-hybridized carbons (Fsp3) is 0.600. The van der Waals surface area contributed by atoms with Gasteiger partial charge in [0.25, 0.3) is 0 Å². The summed E-state index contributed by atoms with van der Waals surface area (Å²) in [7, 11) is 0. The Morgan fingerprint density at radius 2 is 1.81 bits per heavy atom. The van der Waals surface area contributed by atoms with Crippen molar-refractivity contribution in [3.63, 3.8) is 0 Å². The molecule has 0 unspecified atom stereocenters. The molecular weight excluding hydrogens is 194 g/mol. The van der Waals surface area contributed by atoms with Crippen LogP contribution >= 0.6 is 0 Å². The lowest BCUT2D eigenvalue weighted by atomic mass is 9.86. The molecule has 1 aliphatic heterocycles. The van der Waals surface area contributed by atoms with E-state index in [1.165, 1.54) is 37.1 Å². The Balaban J connectivity index is 2.09. The van der Waals surface area contributed by atoms with Gasteiger partial charge in [0.15, 0.2) is 0 Å². The molecule has 1 saturated heterocycles. The van der Waals surface area contributed by atoms with Crippen LogP contribution in [0.5, 0.6) is 0 Å². The SMILES string of the molecule is CC(C)(C)c1cccc(CN2CCCC2)c1. The molecular formula is C15H23N. The van der Waals surface area contributed by atoms with Crippen molar-refractivity contribution in [3.8, 4) is 0 Å². The second kappa shape index (κ2) is 4.58. The minimum Gasteiger partial charge on any atom is -0.299 e. The molecule has 1 fully saturated rings. The number of hydrogen-bond donors (Lipinski definition) is 0. The number of likely N-dealkylation sites (tertiary alicyclic amines) is 1. The third-order valence-electron chi connectivity index (χ3n) is 3.40. The fourth-order valence-electron chi connectivity index (χ4n) is 2.34. The summed E-state index contributed by atoms with van der Waals surface area (Å²) in [6.45, 7) is 10.5. The molecule has 1 aromatic carbocycles. The van der Waals surface area contributed by atoms with E-state index in [0.29, 0.717) is 0 Å². The first-order chi connectivity index (χ1) is 7.55. The van der Waals surface area contributed by atoms with Crippen LogP contribution in [0.3, 0.4) is 0 Å². The lowest BCUT2D eigenvalue weighted by Crippen LogP contribution is -2.19. The highest BCUT2D eigenvalue weighted by molar-refractivity contribution is 5.28. The first kappa shape index (κ1) is 11.7. The zero-order valence-electron chi connectivity index (χ0n) is 10.8. The van der Waals surface area contributed by atoms with Crippen molar-refractivity contribution in [1.82, 2.24) is 4.90 Å². The van der Waals surface area contributed by atoms with Crippen molar-refractivity contribution < 1.29 is 0 Å². The van der Waals surface area contributed by atoms with Crippen LogP contribution in [-0.4, -0.2) is 18.0 Å². The summed E-state index contributed by atoms with van der Waals surface area (Å²) in [6, 6.07) is 9.07. The Hall–Kier alpha value is -0.820. The summed E-state index contributed by atoms with van der Waals surface area (Å²) in [5.74, 6) is 0. The van der Waals surface area contributed by atoms with E-state index in [0.717, 1.165) is 6.54 Å². The molecule has 1 aliphatic rings. The zero-order chi connectivity index (χ0) is 11.6. The summed E-state index contributed by atoms with van der Waals surface area (Å²) >= 11 is 0. The lowest BCUT2D eigenvalue weighted by Gasteiger charge is -2.21. The van der Waals surface area contributed by atoms with E-state index < -0.39 is 0 Å². The summed E-state index contributed by atoms with van der Waals surface area (Å²) in [6.07, 6.45) is 2.75. The predicted octanol–water partition coefficient (Wildman–Crippen LogP) is 3.58. The van der Waals surface area contributed by atoms with Crippen molar-refractivity contribution in [2.75, 3.05) is 13.1 Å². The molecule has 0 saturated carbocycles. The third kappa shape index (κ3) is 2.85. The maximum atomic E-state index is 2.56. The van der Waals surface area contributed by atoms with Gasteiger partial charge >= 0.3 is 0 Å². The minimum absolute atomic E-state index is 0.265. The van der Waals surface area contributed by atoms with Gasteiger partial charge in [-0.15, -0.1) is 0 Å². The van der Waals surface area contributed by atoms with Crippen LogP contribution in [0.1, 0.15) is 44.7 Å². The minimum atomic E-state index is 0.265. The highest BCUT2D eigenvalue weighted by atomic mass is 15.1. The van der Waals surface area contributed by atoms with Crippen molar-refractivity contribution in [2.45, 2.75) is 45.6 Å². The molecule has 1 nitrogen and oxygen atoms in total. The zero-order valence-corrected chi connectivity index (χ0v) is 10.8. The van der Waals surface area contributed by atoms with Gasteiger partial charge in [-0.3, -0.25) is 4.90 Å². The van der Waals surface area contributed by atoms with Gasteiger partial charge in [-0.25, -0.2) is 0 Å². The van der Waals surface area contributed by atoms with Crippen LogP contribution in [0.25, 0.3) is 0 Å². The van der Waals surface area contributed by atoms with Crippen molar-refractivity contribution in [2.24, 2.45) is 0 Å². The van der Waals surface area contributed by atoms with Crippen molar-refractivity contribution in [3.05, 3.63) is 35.4 Å². The highest BCUT2D eigenvalue weighted by Crippen LogP contribution is 2.23. The molecule has 0 aromatic heterocycles. The van der Waals surface area contributed by atoms with Crippen LogP contribution in [0.15, 0.2) is 24.3 Å². The Bertz CT molecular complexity index is 343. The summed E-state index contributed by atoms with van der Waals surface area (Å²) in [5, 5.41) is 0. The number of rotatable bonds is 2. The molecule has 0 aliphatic carbocycles. The number of benzene rings is 1. The van der Waals surface area contributed by atoms with E-state index in [9.17, 15) is 0 Å². The summed E-state index contributed by atoms with van der Waals surface area (Å²) in [4.78, 5) is 2.56. The first-order valence-electron chi connectivity index (χ1n) is 6.37. The topological polar surface area (TPSA) is 3.24 Å². The van der Waals surface area contributed by atoms with E-state index >= 15 is 0 Å². The van der Waals surface area contributed by atoms with Gasteiger partial charge in [0.2, 0.25) is 0 Å². The average Bonchev–Trinajstić information content (AvgIpc) is 2.70. The molecule has 0 amide bonds. The van der Waals surface area contributed by atoms with Gasteiger partial charge in [-0.1, -0.05) is 45.0 Å². The largest absolute Gasteiger partial charge is 0.299 e. The number of nitrogens with zero attached hydrogens (tertiary/aromatic N) is 1. The molecule has 1 aromatic rings. The van der Waals surface area contributed by atoms with Gasteiger partial charge in [0, 0.05) is 6.54 Å². The van der Waals surface area contributed by atoms with Crippen molar-refractivity contribution >= 4 is 0 Å². The van der Waals surface area contributed by atoms with Crippen LogP contribution in [0.4, 0.5) is 0 Å². The smallest absolute Gasteiger partial charge is 0.0233 e. The quantitative estimate of drug-likeness (QED) is 0.732. The summed E-state index contributed by atoms with van der Waals surface area (Å²) in [5.41, 5.74) is 3.18. The van der Waals surface area contributed by atoms with Crippen LogP contribution in [0, 0.1) is 0 Å². The molecule has 0 spiro atoms. The van der Waals surface area contributed by atoms with E-state index in [1.807, 2.05) is 0 Å². The maximum absolute atomic E-state index is 2.56. The molecule has 0 bridgehead atoms. The maximum Gasteiger partial charge on any atom is 0.0233 e. The summed E-state index contributed by atoms with van der Waals surface area (Å²) < 4.78 is 0. The van der Waals surface area contributed by atoms with E-state index in [2.05, 4.69) is 49.9 Å². The van der Waals surface area contributed by atoms with Crippen molar-refractivity contribution in [1.29, 1.82) is 0 Å². The monoisotopic (exact) mass is 217 g/mol. The first-order valence-corrected chi connectivity index (χ1v) is 6.37. The molecule has 16 heavy (non-hydrogen) atoms. The van der Waals surface area contributed by atoms with E-state index in [1.54, 1.807) is 0 Å². The van der Waals surface area contributed by atoms with Crippen LogP contribution in [-0.2, 0) is 12.0 Å². The van der Waals surface area contributed by atoms with Gasteiger partial charge in [-0.2, -0.15) is 0 Å². The molecule has 1 heteroatoms. The van der Waals surface area contributed by atoms with Gasteiger partial charge in [0.05, 0.1) is 0 Å². The average molecular weight is 217 g/mol. The molecule has 88 valence electrons. The van der Waals surface area contributed by atoms with E-state index in [-0.39, 0.29) is 5.41 Å². The molecule has 0 atom stereocenters. The lowest BCUT2D eigenvalue weighted by molar-refractivity contribution is 0.331. The third-order valence-corrected chi connectivity index (χ3v) is 3.40. The Kier molecular flexibility index (Phi) is 3.34. The molecule has 0 N–H and O–H groups in total. The predicted molar refractivity (Wildman–Crippen MR) is 69.7 cm³/mol. The second-order valence-corrected chi connectivity index (χ2v) is 5.93. The standard InChI is InChI=1S/C15H23N/c1-15(2,3)14-8-6-7-13(11-14)12-16-9-4-5-10-16/h6-8,11H,4-5,9-10,12H2,1-3H3. The highest BCUT2D eigenvalue weighted by Gasteiger charge is 2.15. The van der Waals surface area contributed by atoms with E-state index in [4.69, 9.17) is 0 Å². The van der Waals surface area contributed by atoms with Gasteiger partial charge in [-0.05, 0) is 42.5 Å². The van der Waals surface area contributed by atoms with Gasteiger partial charge in [0.1, 0.15) is 0 Å². The van der Waals surface area contributed by atoms with Gasteiger partial charge < -0.3 is 0 Å². The normalized spacial score (nSPS) is 17.9. The number of hydrogen-bond acceptors (Lipinski definition) is 1. The Labute approximate surface area is 99.5 Å². The van der Waals surface area contributed by atoms with Crippen LogP contribution in [0.2, 0.25) is 0 Å². The molecule has 2 rings (SSSR count). The molecule has 1 heterocycles.